The average molecular weight is 198 g/mol. The van der Waals surface area contributed by atoms with Crippen LogP contribution in [0.1, 0.15) is 32.1 Å². The van der Waals surface area contributed by atoms with Crippen LogP contribution in [0.25, 0.3) is 0 Å². The van der Waals surface area contributed by atoms with Crippen LogP contribution in [-0.4, -0.2) is 24.2 Å². The average Bonchev–Trinajstić information content (AvgIpc) is 2.11. The molecule has 1 heterocycles. The van der Waals surface area contributed by atoms with Crippen LogP contribution in [0.2, 0.25) is 0 Å². The lowest BCUT2D eigenvalue weighted by Crippen LogP contribution is -2.17. The van der Waals surface area contributed by atoms with E-state index in [1.165, 1.54) is 37.9 Å². The van der Waals surface area contributed by atoms with Gasteiger partial charge in [-0.3, -0.25) is 0 Å². The van der Waals surface area contributed by atoms with E-state index in [1.54, 1.807) is 5.57 Å². The van der Waals surface area contributed by atoms with Gasteiger partial charge in [-0.2, -0.15) is 11.8 Å². The number of rotatable bonds is 3. The molecule has 0 aromatic heterocycles. The SMILES string of the molecule is C(CSC1CCOCC1)=C1CCC1. The fourth-order valence-electron chi connectivity index (χ4n) is 1.73. The Balaban J connectivity index is 1.60. The highest BCUT2D eigenvalue weighted by atomic mass is 32.2. The molecule has 1 aliphatic heterocycles. The smallest absolute Gasteiger partial charge is 0.0476 e. The van der Waals surface area contributed by atoms with Crippen molar-refractivity contribution in [3.63, 3.8) is 0 Å². The van der Waals surface area contributed by atoms with E-state index in [0.717, 1.165) is 18.5 Å². The predicted molar refractivity (Wildman–Crippen MR) is 58.2 cm³/mol. The molecule has 2 rings (SSSR count). The van der Waals surface area contributed by atoms with Gasteiger partial charge in [0, 0.05) is 24.2 Å². The molecule has 0 N–H and O–H groups in total. The molecule has 2 aliphatic rings. The Labute approximate surface area is 84.9 Å². The third-order valence-corrected chi connectivity index (χ3v) is 4.17. The summed E-state index contributed by atoms with van der Waals surface area (Å²) in [4.78, 5) is 0. The Hall–Kier alpha value is 0.0500. The minimum Gasteiger partial charge on any atom is -0.381 e. The Kier molecular flexibility index (Phi) is 3.74. The van der Waals surface area contributed by atoms with E-state index < -0.39 is 0 Å². The zero-order chi connectivity index (χ0) is 8.93. The summed E-state index contributed by atoms with van der Waals surface area (Å²) in [6.45, 7) is 1.96. The molecular weight excluding hydrogens is 180 g/mol. The summed E-state index contributed by atoms with van der Waals surface area (Å²) in [5, 5.41) is 0.866. The number of thioether (sulfide) groups is 1. The molecule has 0 atom stereocenters. The zero-order valence-electron chi connectivity index (χ0n) is 8.13. The third kappa shape index (κ3) is 3.03. The van der Waals surface area contributed by atoms with E-state index in [-0.39, 0.29) is 0 Å². The van der Waals surface area contributed by atoms with Crippen LogP contribution >= 0.6 is 11.8 Å². The molecule has 0 aromatic carbocycles. The Morgan fingerprint density at radius 1 is 1.31 bits per heavy atom. The maximum atomic E-state index is 5.33. The van der Waals surface area contributed by atoms with Crippen molar-refractivity contribution in [2.75, 3.05) is 19.0 Å². The van der Waals surface area contributed by atoms with Crippen LogP contribution < -0.4 is 0 Å². The van der Waals surface area contributed by atoms with Crippen LogP contribution in [0, 0.1) is 0 Å². The molecule has 0 spiro atoms. The van der Waals surface area contributed by atoms with Crippen molar-refractivity contribution in [2.45, 2.75) is 37.4 Å². The van der Waals surface area contributed by atoms with Crippen molar-refractivity contribution in [2.24, 2.45) is 0 Å². The fraction of sp³-hybridized carbons (Fsp3) is 0.818. The minimum absolute atomic E-state index is 0.866. The highest BCUT2D eigenvalue weighted by Gasteiger charge is 2.13. The summed E-state index contributed by atoms with van der Waals surface area (Å²) in [6.07, 6.45) is 9.13. The van der Waals surface area contributed by atoms with E-state index in [4.69, 9.17) is 4.74 Å². The molecule has 74 valence electrons. The van der Waals surface area contributed by atoms with Crippen LogP contribution in [0.4, 0.5) is 0 Å². The van der Waals surface area contributed by atoms with Crippen molar-refractivity contribution in [3.8, 4) is 0 Å². The summed E-state index contributed by atoms with van der Waals surface area (Å²) in [7, 11) is 0. The van der Waals surface area contributed by atoms with Gasteiger partial charge in [0.1, 0.15) is 0 Å². The molecule has 0 unspecified atom stereocenters. The van der Waals surface area contributed by atoms with Crippen LogP contribution in [-0.2, 0) is 4.74 Å². The highest BCUT2D eigenvalue weighted by molar-refractivity contribution is 8.00. The molecule has 13 heavy (non-hydrogen) atoms. The van der Waals surface area contributed by atoms with Crippen molar-refractivity contribution in [1.82, 2.24) is 0 Å². The van der Waals surface area contributed by atoms with Gasteiger partial charge in [0.05, 0.1) is 0 Å². The van der Waals surface area contributed by atoms with Crippen LogP contribution in [0.3, 0.4) is 0 Å². The molecule has 1 saturated heterocycles. The molecule has 0 aromatic rings. The summed E-state index contributed by atoms with van der Waals surface area (Å²) in [5.41, 5.74) is 1.69. The van der Waals surface area contributed by atoms with Gasteiger partial charge in [-0.15, -0.1) is 0 Å². The lowest BCUT2D eigenvalue weighted by Gasteiger charge is -2.21. The Bertz CT molecular complexity index is 177. The Morgan fingerprint density at radius 3 is 2.69 bits per heavy atom. The lowest BCUT2D eigenvalue weighted by molar-refractivity contribution is 0.100. The second-order valence-corrected chi connectivity index (χ2v) is 5.19. The van der Waals surface area contributed by atoms with Crippen molar-refractivity contribution in [3.05, 3.63) is 11.6 Å². The van der Waals surface area contributed by atoms with Crippen LogP contribution in [0.5, 0.6) is 0 Å². The second kappa shape index (κ2) is 5.06. The summed E-state index contributed by atoms with van der Waals surface area (Å²) in [5.74, 6) is 1.24. The first-order valence-corrected chi connectivity index (χ1v) is 6.37. The van der Waals surface area contributed by atoms with Gasteiger partial charge in [0.25, 0.3) is 0 Å². The lowest BCUT2D eigenvalue weighted by atomic mass is 9.93. The molecule has 0 bridgehead atoms. The zero-order valence-corrected chi connectivity index (χ0v) is 8.94. The second-order valence-electron chi connectivity index (χ2n) is 3.86. The first-order valence-electron chi connectivity index (χ1n) is 5.32. The quantitative estimate of drug-likeness (QED) is 0.645. The first-order chi connectivity index (χ1) is 6.45. The Morgan fingerprint density at radius 2 is 2.08 bits per heavy atom. The van der Waals surface area contributed by atoms with Gasteiger partial charge in [-0.05, 0) is 32.1 Å². The van der Waals surface area contributed by atoms with E-state index in [9.17, 15) is 0 Å². The van der Waals surface area contributed by atoms with E-state index in [0.29, 0.717) is 0 Å². The standard InChI is InChI=1S/C11H18OS/c1-2-10(3-1)6-9-13-11-4-7-12-8-5-11/h6,11H,1-5,7-9H2. The van der Waals surface area contributed by atoms with Gasteiger partial charge in [0.15, 0.2) is 0 Å². The number of allylic oxidation sites excluding steroid dienone is 1. The van der Waals surface area contributed by atoms with E-state index in [1.807, 2.05) is 0 Å². The maximum Gasteiger partial charge on any atom is 0.0476 e. The van der Waals surface area contributed by atoms with Crippen molar-refractivity contribution < 1.29 is 4.74 Å². The summed E-state index contributed by atoms with van der Waals surface area (Å²) < 4.78 is 5.33. The van der Waals surface area contributed by atoms with E-state index >= 15 is 0 Å². The third-order valence-electron chi connectivity index (χ3n) is 2.87. The normalized spacial score (nSPS) is 24.2. The molecule has 1 nitrogen and oxygen atoms in total. The molecular formula is C11H18OS. The van der Waals surface area contributed by atoms with Gasteiger partial charge in [-0.1, -0.05) is 11.6 Å². The number of hydrogen-bond donors (Lipinski definition) is 0. The van der Waals surface area contributed by atoms with Gasteiger partial charge < -0.3 is 4.74 Å². The molecule has 2 heteroatoms. The van der Waals surface area contributed by atoms with Crippen molar-refractivity contribution >= 4 is 11.8 Å². The van der Waals surface area contributed by atoms with Gasteiger partial charge in [-0.25, -0.2) is 0 Å². The molecule has 0 radical (unpaired) electrons. The summed E-state index contributed by atoms with van der Waals surface area (Å²) in [6, 6.07) is 0. The molecule has 1 saturated carbocycles. The molecule has 0 amide bonds. The number of ether oxygens (including phenoxy) is 1. The highest BCUT2D eigenvalue weighted by Crippen LogP contribution is 2.27. The summed E-state index contributed by atoms with van der Waals surface area (Å²) >= 11 is 2.12. The van der Waals surface area contributed by atoms with E-state index in [2.05, 4.69) is 17.8 Å². The first kappa shape index (κ1) is 9.60. The fourth-order valence-corrected chi connectivity index (χ4v) is 2.86. The monoisotopic (exact) mass is 198 g/mol. The van der Waals surface area contributed by atoms with Gasteiger partial charge in [0.2, 0.25) is 0 Å². The maximum absolute atomic E-state index is 5.33. The molecule has 2 fully saturated rings. The number of hydrogen-bond acceptors (Lipinski definition) is 2. The topological polar surface area (TPSA) is 9.23 Å². The largest absolute Gasteiger partial charge is 0.381 e. The van der Waals surface area contributed by atoms with Gasteiger partial charge >= 0.3 is 0 Å². The van der Waals surface area contributed by atoms with Crippen LogP contribution in [0.15, 0.2) is 11.6 Å². The predicted octanol–water partition coefficient (Wildman–Crippen LogP) is 3.01. The minimum atomic E-state index is 0.866. The van der Waals surface area contributed by atoms with Crippen molar-refractivity contribution in [1.29, 1.82) is 0 Å². The molecule has 1 aliphatic carbocycles.